The number of piperidine rings is 1. The van der Waals surface area contributed by atoms with Gasteiger partial charge >= 0.3 is 6.18 Å². The molecular weight excluding hydrogens is 275 g/mol. The van der Waals surface area contributed by atoms with E-state index in [9.17, 15) is 13.2 Å². The average molecular weight is 292 g/mol. The van der Waals surface area contributed by atoms with Crippen LogP contribution in [0.15, 0.2) is 18.2 Å². The maximum Gasteiger partial charge on any atom is 0.418 e. The topological polar surface area (TPSA) is 3.24 Å². The van der Waals surface area contributed by atoms with Crippen molar-refractivity contribution in [3.8, 4) is 0 Å². The van der Waals surface area contributed by atoms with Crippen molar-refractivity contribution < 1.29 is 13.2 Å². The van der Waals surface area contributed by atoms with Crippen LogP contribution in [-0.2, 0) is 12.1 Å². The molecule has 5 heteroatoms. The molecule has 0 bridgehead atoms. The minimum absolute atomic E-state index is 0.0961. The van der Waals surface area contributed by atoms with Gasteiger partial charge in [0, 0.05) is 24.2 Å². The van der Waals surface area contributed by atoms with Crippen molar-refractivity contribution in [2.24, 2.45) is 0 Å². The Balaban J connectivity index is 2.43. The molecule has 0 aliphatic carbocycles. The molecule has 0 N–H and O–H groups in total. The van der Waals surface area contributed by atoms with Crippen LogP contribution in [0.2, 0.25) is 0 Å². The highest BCUT2D eigenvalue weighted by atomic mass is 35.5. The first-order chi connectivity index (χ1) is 8.93. The Bertz CT molecular complexity index is 445. The SMILES string of the molecule is CC1CCCCN1c1ccc(CCl)cc1C(F)(F)F. The van der Waals surface area contributed by atoms with Crippen LogP contribution in [0.3, 0.4) is 0 Å². The molecule has 0 saturated carbocycles. The molecule has 1 nitrogen and oxygen atoms in total. The van der Waals surface area contributed by atoms with Crippen LogP contribution >= 0.6 is 11.6 Å². The Hall–Kier alpha value is -0.900. The van der Waals surface area contributed by atoms with E-state index in [-0.39, 0.29) is 17.6 Å². The van der Waals surface area contributed by atoms with Crippen LogP contribution < -0.4 is 4.90 Å². The smallest absolute Gasteiger partial charge is 0.368 e. The molecule has 1 aliphatic heterocycles. The van der Waals surface area contributed by atoms with E-state index >= 15 is 0 Å². The van der Waals surface area contributed by atoms with E-state index in [0.717, 1.165) is 19.3 Å². The number of hydrogen-bond acceptors (Lipinski definition) is 1. The van der Waals surface area contributed by atoms with Gasteiger partial charge in [0.05, 0.1) is 5.56 Å². The summed E-state index contributed by atoms with van der Waals surface area (Å²) in [5, 5.41) is 0. The van der Waals surface area contributed by atoms with Gasteiger partial charge in [0.2, 0.25) is 0 Å². The van der Waals surface area contributed by atoms with Gasteiger partial charge in [-0.05, 0) is 43.9 Å². The van der Waals surface area contributed by atoms with Crippen LogP contribution in [0.25, 0.3) is 0 Å². The summed E-state index contributed by atoms with van der Waals surface area (Å²) in [6, 6.07) is 4.56. The fourth-order valence-corrected chi connectivity index (χ4v) is 2.77. The first-order valence-electron chi connectivity index (χ1n) is 6.46. The second-order valence-corrected chi connectivity index (χ2v) is 5.29. The van der Waals surface area contributed by atoms with Crippen molar-refractivity contribution in [1.82, 2.24) is 0 Å². The fourth-order valence-electron chi connectivity index (χ4n) is 2.60. The van der Waals surface area contributed by atoms with Crippen LogP contribution in [0, 0.1) is 0 Å². The molecule has 1 aromatic carbocycles. The molecule has 0 radical (unpaired) electrons. The van der Waals surface area contributed by atoms with Crippen LogP contribution in [0.5, 0.6) is 0 Å². The zero-order valence-electron chi connectivity index (χ0n) is 10.8. The normalized spacial score (nSPS) is 20.7. The zero-order chi connectivity index (χ0) is 14.0. The predicted molar refractivity (Wildman–Crippen MR) is 71.7 cm³/mol. The molecule has 1 atom stereocenters. The summed E-state index contributed by atoms with van der Waals surface area (Å²) in [5.74, 6) is 0.0961. The molecule has 2 rings (SSSR count). The highest BCUT2D eigenvalue weighted by molar-refractivity contribution is 6.17. The number of hydrogen-bond donors (Lipinski definition) is 0. The number of anilines is 1. The number of benzene rings is 1. The summed E-state index contributed by atoms with van der Waals surface area (Å²) in [7, 11) is 0. The Labute approximate surface area is 116 Å². The highest BCUT2D eigenvalue weighted by Gasteiger charge is 2.36. The van der Waals surface area contributed by atoms with Gasteiger partial charge in [-0.1, -0.05) is 6.07 Å². The Morgan fingerprint density at radius 3 is 2.63 bits per heavy atom. The van der Waals surface area contributed by atoms with Crippen molar-refractivity contribution in [1.29, 1.82) is 0 Å². The lowest BCUT2D eigenvalue weighted by molar-refractivity contribution is -0.137. The minimum atomic E-state index is -4.34. The number of alkyl halides is 4. The summed E-state index contributed by atoms with van der Waals surface area (Å²) >= 11 is 5.63. The molecule has 1 aromatic rings. The van der Waals surface area contributed by atoms with Crippen molar-refractivity contribution >= 4 is 17.3 Å². The standard InChI is InChI=1S/C14H17ClF3N/c1-10-4-2-3-7-19(10)13-6-5-11(9-15)8-12(13)14(16,17)18/h5-6,8,10H,2-4,7,9H2,1H3. The van der Waals surface area contributed by atoms with Crippen molar-refractivity contribution in [2.45, 2.75) is 44.3 Å². The van der Waals surface area contributed by atoms with Gasteiger partial charge in [-0.25, -0.2) is 0 Å². The van der Waals surface area contributed by atoms with Crippen molar-refractivity contribution in [3.05, 3.63) is 29.3 Å². The lowest BCUT2D eigenvalue weighted by atomic mass is 10.00. The Morgan fingerprint density at radius 1 is 1.32 bits per heavy atom. The molecule has 106 valence electrons. The van der Waals surface area contributed by atoms with E-state index in [0.29, 0.717) is 12.1 Å². The quantitative estimate of drug-likeness (QED) is 0.706. The number of nitrogens with zero attached hydrogens (tertiary/aromatic N) is 1. The average Bonchev–Trinajstić information content (AvgIpc) is 2.38. The minimum Gasteiger partial charge on any atom is -0.368 e. The molecule has 0 aromatic heterocycles. The lowest BCUT2D eigenvalue weighted by Crippen LogP contribution is -2.38. The number of halogens is 4. The molecule has 19 heavy (non-hydrogen) atoms. The lowest BCUT2D eigenvalue weighted by Gasteiger charge is -2.37. The third kappa shape index (κ3) is 3.16. The van der Waals surface area contributed by atoms with E-state index in [1.165, 1.54) is 6.07 Å². The molecule has 1 fully saturated rings. The van der Waals surface area contributed by atoms with Crippen molar-refractivity contribution in [3.63, 3.8) is 0 Å². The van der Waals surface area contributed by atoms with E-state index in [1.807, 2.05) is 11.8 Å². The summed E-state index contributed by atoms with van der Waals surface area (Å²) in [5.41, 5.74) is 0.218. The second-order valence-electron chi connectivity index (χ2n) is 5.02. The monoisotopic (exact) mass is 291 g/mol. The summed E-state index contributed by atoms with van der Waals surface area (Å²) in [6.45, 7) is 2.67. The third-order valence-corrected chi connectivity index (χ3v) is 3.94. The van der Waals surface area contributed by atoms with Gasteiger partial charge in [-0.3, -0.25) is 0 Å². The van der Waals surface area contributed by atoms with Gasteiger partial charge in [-0.2, -0.15) is 13.2 Å². The van der Waals surface area contributed by atoms with E-state index in [2.05, 4.69) is 0 Å². The van der Waals surface area contributed by atoms with Gasteiger partial charge in [0.25, 0.3) is 0 Å². The first-order valence-corrected chi connectivity index (χ1v) is 6.99. The van der Waals surface area contributed by atoms with Gasteiger partial charge < -0.3 is 4.90 Å². The van der Waals surface area contributed by atoms with E-state index < -0.39 is 11.7 Å². The molecule has 1 aliphatic rings. The first kappa shape index (κ1) is 14.5. The Kier molecular flexibility index (Phi) is 4.29. The third-order valence-electron chi connectivity index (χ3n) is 3.63. The fraction of sp³-hybridized carbons (Fsp3) is 0.571. The van der Waals surface area contributed by atoms with E-state index in [4.69, 9.17) is 11.6 Å². The molecular formula is C14H17ClF3N. The second kappa shape index (κ2) is 5.61. The van der Waals surface area contributed by atoms with Gasteiger partial charge in [0.15, 0.2) is 0 Å². The highest BCUT2D eigenvalue weighted by Crippen LogP contribution is 2.39. The molecule has 1 unspecified atom stereocenters. The van der Waals surface area contributed by atoms with Gasteiger partial charge in [-0.15, -0.1) is 11.6 Å². The molecule has 0 spiro atoms. The summed E-state index contributed by atoms with van der Waals surface area (Å²) in [6.07, 6.45) is -1.37. The number of rotatable bonds is 2. The predicted octanol–water partition coefficient (Wildman–Crippen LogP) is 4.82. The molecule has 1 heterocycles. The van der Waals surface area contributed by atoms with Crippen molar-refractivity contribution in [2.75, 3.05) is 11.4 Å². The molecule has 0 amide bonds. The zero-order valence-corrected chi connectivity index (χ0v) is 11.6. The summed E-state index contributed by atoms with van der Waals surface area (Å²) < 4.78 is 39.5. The van der Waals surface area contributed by atoms with Crippen LogP contribution in [0.1, 0.15) is 37.3 Å². The van der Waals surface area contributed by atoms with E-state index in [1.54, 1.807) is 12.1 Å². The van der Waals surface area contributed by atoms with Crippen LogP contribution in [-0.4, -0.2) is 12.6 Å². The van der Waals surface area contributed by atoms with Crippen LogP contribution in [0.4, 0.5) is 18.9 Å². The summed E-state index contributed by atoms with van der Waals surface area (Å²) in [4.78, 5) is 1.87. The Morgan fingerprint density at radius 2 is 2.05 bits per heavy atom. The van der Waals surface area contributed by atoms with Gasteiger partial charge in [0.1, 0.15) is 0 Å². The largest absolute Gasteiger partial charge is 0.418 e. The maximum absolute atomic E-state index is 13.2. The maximum atomic E-state index is 13.2. The molecule has 1 saturated heterocycles.